The summed E-state index contributed by atoms with van der Waals surface area (Å²) >= 11 is 6.09. The Morgan fingerprint density at radius 2 is 2.13 bits per heavy atom. The summed E-state index contributed by atoms with van der Waals surface area (Å²) in [5.74, 6) is 0.107. The molecule has 1 aromatic heterocycles. The molecule has 1 aliphatic rings. The molecular weight excluding hydrogens is 320 g/mol. The largest absolute Gasteiger partial charge is 0.466 e. The number of benzene rings is 1. The standard InChI is InChI=1S/C15H15ClN4O3/c1-15(6-7-15)23-14-12(20(21)22)13(18-9-19-14)17-8-10-4-2-3-5-11(10)16/h2-5,9H,6-8H2,1H3,(H,17,18,19). The van der Waals surface area contributed by atoms with Crippen LogP contribution in [0, 0.1) is 10.1 Å². The molecule has 0 radical (unpaired) electrons. The molecule has 1 heterocycles. The molecule has 23 heavy (non-hydrogen) atoms. The molecule has 0 bridgehead atoms. The van der Waals surface area contributed by atoms with Gasteiger partial charge in [0.05, 0.1) is 4.92 Å². The van der Waals surface area contributed by atoms with Gasteiger partial charge < -0.3 is 10.1 Å². The van der Waals surface area contributed by atoms with Gasteiger partial charge in [-0.3, -0.25) is 10.1 Å². The Bertz CT molecular complexity index is 749. The maximum Gasteiger partial charge on any atom is 0.372 e. The molecule has 0 atom stereocenters. The van der Waals surface area contributed by atoms with Crippen LogP contribution in [-0.2, 0) is 6.54 Å². The molecule has 1 aliphatic carbocycles. The SMILES string of the molecule is CC1(Oc2ncnc(NCc3ccccc3Cl)c2[N+](=O)[O-])CC1. The molecule has 1 saturated carbocycles. The predicted molar refractivity (Wildman–Crippen MR) is 85.7 cm³/mol. The summed E-state index contributed by atoms with van der Waals surface area (Å²) in [6.45, 7) is 2.21. The maximum absolute atomic E-state index is 11.4. The smallest absolute Gasteiger partial charge is 0.372 e. The lowest BCUT2D eigenvalue weighted by molar-refractivity contribution is -0.385. The summed E-state index contributed by atoms with van der Waals surface area (Å²) in [5, 5.41) is 14.9. The highest BCUT2D eigenvalue weighted by Gasteiger charge is 2.42. The van der Waals surface area contributed by atoms with Gasteiger partial charge in [0.25, 0.3) is 5.88 Å². The maximum atomic E-state index is 11.4. The van der Waals surface area contributed by atoms with E-state index in [-0.39, 0.29) is 23.0 Å². The highest BCUT2D eigenvalue weighted by Crippen LogP contribution is 2.42. The number of nitrogens with one attached hydrogen (secondary N) is 1. The number of hydrogen-bond donors (Lipinski definition) is 1. The van der Waals surface area contributed by atoms with Crippen LogP contribution in [0.2, 0.25) is 5.02 Å². The van der Waals surface area contributed by atoms with Crippen molar-refractivity contribution in [2.24, 2.45) is 0 Å². The number of nitro groups is 1. The van der Waals surface area contributed by atoms with E-state index in [9.17, 15) is 10.1 Å². The van der Waals surface area contributed by atoms with Gasteiger partial charge in [0.2, 0.25) is 5.82 Å². The van der Waals surface area contributed by atoms with Crippen molar-refractivity contribution in [2.45, 2.75) is 31.9 Å². The van der Waals surface area contributed by atoms with Gasteiger partial charge in [0, 0.05) is 11.6 Å². The second kappa shape index (κ2) is 6.00. The zero-order valence-corrected chi connectivity index (χ0v) is 13.2. The second-order valence-corrected chi connectivity index (χ2v) is 6.04. The quantitative estimate of drug-likeness (QED) is 0.641. The first-order chi connectivity index (χ1) is 11.0. The van der Waals surface area contributed by atoms with Crippen LogP contribution in [0.1, 0.15) is 25.3 Å². The zero-order valence-electron chi connectivity index (χ0n) is 12.5. The second-order valence-electron chi connectivity index (χ2n) is 5.63. The lowest BCUT2D eigenvalue weighted by Gasteiger charge is -2.13. The molecule has 0 spiro atoms. The van der Waals surface area contributed by atoms with Crippen molar-refractivity contribution in [3.8, 4) is 5.88 Å². The van der Waals surface area contributed by atoms with E-state index in [1.165, 1.54) is 6.33 Å². The first-order valence-corrected chi connectivity index (χ1v) is 7.52. The topological polar surface area (TPSA) is 90.2 Å². The number of rotatable bonds is 6. The van der Waals surface area contributed by atoms with Crippen LogP contribution in [0.4, 0.5) is 11.5 Å². The van der Waals surface area contributed by atoms with E-state index in [0.29, 0.717) is 11.6 Å². The Kier molecular flexibility index (Phi) is 4.04. The molecule has 2 aromatic rings. The van der Waals surface area contributed by atoms with E-state index in [0.717, 1.165) is 18.4 Å². The number of aromatic nitrogens is 2. The lowest BCUT2D eigenvalue weighted by atomic mass is 10.2. The molecule has 8 heteroatoms. The Hall–Kier alpha value is -2.41. The van der Waals surface area contributed by atoms with Crippen molar-refractivity contribution in [3.63, 3.8) is 0 Å². The molecule has 1 aromatic carbocycles. The molecule has 0 unspecified atom stereocenters. The molecule has 0 aliphatic heterocycles. The summed E-state index contributed by atoms with van der Waals surface area (Å²) in [7, 11) is 0. The highest BCUT2D eigenvalue weighted by atomic mass is 35.5. The lowest BCUT2D eigenvalue weighted by Crippen LogP contribution is -2.15. The van der Waals surface area contributed by atoms with Crippen molar-refractivity contribution in [2.75, 3.05) is 5.32 Å². The number of anilines is 1. The molecule has 0 saturated heterocycles. The average Bonchev–Trinajstić information content (AvgIpc) is 3.23. The fourth-order valence-corrected chi connectivity index (χ4v) is 2.27. The van der Waals surface area contributed by atoms with E-state index in [2.05, 4.69) is 15.3 Å². The molecule has 3 rings (SSSR count). The van der Waals surface area contributed by atoms with Crippen molar-refractivity contribution in [1.82, 2.24) is 9.97 Å². The molecular formula is C15H15ClN4O3. The Morgan fingerprint density at radius 1 is 1.39 bits per heavy atom. The Labute approximate surface area is 137 Å². The van der Waals surface area contributed by atoms with Crippen molar-refractivity contribution in [1.29, 1.82) is 0 Å². The van der Waals surface area contributed by atoms with Gasteiger partial charge in [0.15, 0.2) is 0 Å². The molecule has 120 valence electrons. The van der Waals surface area contributed by atoms with E-state index in [1.807, 2.05) is 25.1 Å². The zero-order chi connectivity index (χ0) is 16.4. The normalized spacial score (nSPS) is 15.0. The molecule has 1 fully saturated rings. The van der Waals surface area contributed by atoms with Gasteiger partial charge in [-0.05, 0) is 31.4 Å². The van der Waals surface area contributed by atoms with Gasteiger partial charge in [-0.15, -0.1) is 0 Å². The van der Waals surface area contributed by atoms with Crippen LogP contribution in [-0.4, -0.2) is 20.5 Å². The number of hydrogen-bond acceptors (Lipinski definition) is 6. The summed E-state index contributed by atoms with van der Waals surface area (Å²) < 4.78 is 5.66. The van der Waals surface area contributed by atoms with E-state index >= 15 is 0 Å². The third-order valence-electron chi connectivity index (χ3n) is 3.67. The molecule has 1 N–H and O–H groups in total. The number of halogens is 1. The fourth-order valence-electron chi connectivity index (χ4n) is 2.06. The first kappa shape index (κ1) is 15.5. The molecule has 7 nitrogen and oxygen atoms in total. The fraction of sp³-hybridized carbons (Fsp3) is 0.333. The van der Waals surface area contributed by atoms with Crippen LogP contribution in [0.3, 0.4) is 0 Å². The first-order valence-electron chi connectivity index (χ1n) is 7.14. The van der Waals surface area contributed by atoms with E-state index in [4.69, 9.17) is 16.3 Å². The summed E-state index contributed by atoms with van der Waals surface area (Å²) in [4.78, 5) is 18.8. The minimum atomic E-state index is -0.532. The monoisotopic (exact) mass is 334 g/mol. The minimum Gasteiger partial charge on any atom is -0.466 e. The summed E-state index contributed by atoms with van der Waals surface area (Å²) in [6.07, 6.45) is 2.97. The minimum absolute atomic E-state index is 0.00772. The molecule has 0 amide bonds. The number of ether oxygens (including phenoxy) is 1. The van der Waals surface area contributed by atoms with Gasteiger partial charge in [-0.25, -0.2) is 4.98 Å². The van der Waals surface area contributed by atoms with Gasteiger partial charge in [-0.2, -0.15) is 4.98 Å². The van der Waals surface area contributed by atoms with Crippen molar-refractivity contribution in [3.05, 3.63) is 51.3 Å². The van der Waals surface area contributed by atoms with E-state index in [1.54, 1.807) is 6.07 Å². The average molecular weight is 335 g/mol. The van der Waals surface area contributed by atoms with Crippen LogP contribution >= 0.6 is 11.6 Å². The van der Waals surface area contributed by atoms with Crippen molar-refractivity contribution < 1.29 is 9.66 Å². The van der Waals surface area contributed by atoms with E-state index < -0.39 is 4.92 Å². The number of nitrogens with zero attached hydrogens (tertiary/aromatic N) is 3. The van der Waals surface area contributed by atoms with Crippen molar-refractivity contribution >= 4 is 23.1 Å². The predicted octanol–water partition coefficient (Wildman–Crippen LogP) is 3.58. The summed E-state index contributed by atoms with van der Waals surface area (Å²) in [5.41, 5.74) is 0.199. The third-order valence-corrected chi connectivity index (χ3v) is 4.04. The third kappa shape index (κ3) is 3.50. The Balaban J connectivity index is 1.85. The van der Waals surface area contributed by atoms with Gasteiger partial charge in [0.1, 0.15) is 11.9 Å². The van der Waals surface area contributed by atoms with Crippen LogP contribution in [0.15, 0.2) is 30.6 Å². The Morgan fingerprint density at radius 3 is 2.78 bits per heavy atom. The van der Waals surface area contributed by atoms with Crippen LogP contribution < -0.4 is 10.1 Å². The van der Waals surface area contributed by atoms with Gasteiger partial charge in [-0.1, -0.05) is 29.8 Å². The van der Waals surface area contributed by atoms with Crippen LogP contribution in [0.5, 0.6) is 5.88 Å². The highest BCUT2D eigenvalue weighted by molar-refractivity contribution is 6.31. The summed E-state index contributed by atoms with van der Waals surface area (Å²) in [6, 6.07) is 7.27. The van der Waals surface area contributed by atoms with Crippen LogP contribution in [0.25, 0.3) is 0 Å². The van der Waals surface area contributed by atoms with Gasteiger partial charge >= 0.3 is 5.69 Å².